The molecule has 1 aromatic heterocycles. The molecule has 0 aliphatic heterocycles. The van der Waals surface area contributed by atoms with Crippen LogP contribution >= 0.6 is 11.8 Å². The molecule has 2 atom stereocenters. The molecule has 5 nitrogen and oxygen atoms in total. The number of aromatic nitrogens is 2. The molecule has 0 aliphatic rings. The van der Waals surface area contributed by atoms with Gasteiger partial charge < -0.3 is 9.32 Å². The third-order valence-corrected chi connectivity index (χ3v) is 4.92. The van der Waals surface area contributed by atoms with Crippen molar-refractivity contribution in [3.8, 4) is 0 Å². The summed E-state index contributed by atoms with van der Waals surface area (Å²) >= 11 is 1.32. The number of rotatable bonds is 8. The second kappa shape index (κ2) is 8.87. The van der Waals surface area contributed by atoms with Crippen LogP contribution in [0.1, 0.15) is 45.1 Å². The highest BCUT2D eigenvalue weighted by Gasteiger charge is 2.22. The van der Waals surface area contributed by atoms with Gasteiger partial charge in [-0.25, -0.2) is 0 Å². The number of carbonyl (C=O) groups excluding carboxylic acids is 1. The van der Waals surface area contributed by atoms with Crippen molar-refractivity contribution in [3.05, 3.63) is 41.8 Å². The molecule has 1 aromatic carbocycles. The second-order valence-electron chi connectivity index (χ2n) is 5.75. The van der Waals surface area contributed by atoms with Crippen molar-refractivity contribution in [3.63, 3.8) is 0 Å². The molecule has 0 aliphatic carbocycles. The number of hydrogen-bond donors (Lipinski definition) is 0. The lowest BCUT2D eigenvalue weighted by Gasteiger charge is -2.21. The lowest BCUT2D eigenvalue weighted by molar-refractivity contribution is -0.129. The maximum absolute atomic E-state index is 12.3. The molecule has 0 N–H and O–H groups in total. The molecule has 130 valence electrons. The molecule has 0 radical (unpaired) electrons. The summed E-state index contributed by atoms with van der Waals surface area (Å²) in [6.07, 6.45) is 0.690. The zero-order valence-electron chi connectivity index (χ0n) is 14.7. The Morgan fingerprint density at radius 3 is 2.46 bits per heavy atom. The van der Waals surface area contributed by atoms with Crippen molar-refractivity contribution in [2.45, 2.75) is 50.5 Å². The Labute approximate surface area is 147 Å². The standard InChI is InChI=1S/C18H25N3O2S/c1-5-21(6-2)17(22)14(4)24-18-20-19-16(23-18)12-13(3)15-10-8-7-9-11-15/h7-11,13-14H,5-6,12H2,1-4H3. The van der Waals surface area contributed by atoms with E-state index in [1.165, 1.54) is 17.3 Å². The monoisotopic (exact) mass is 347 g/mol. The molecule has 6 heteroatoms. The first-order valence-corrected chi connectivity index (χ1v) is 9.25. The van der Waals surface area contributed by atoms with E-state index in [0.717, 1.165) is 0 Å². The Balaban J connectivity index is 1.94. The van der Waals surface area contributed by atoms with Gasteiger partial charge in [-0.1, -0.05) is 49.0 Å². The van der Waals surface area contributed by atoms with Gasteiger partial charge in [0.1, 0.15) is 0 Å². The highest BCUT2D eigenvalue weighted by molar-refractivity contribution is 8.00. The summed E-state index contributed by atoms with van der Waals surface area (Å²) in [6.45, 7) is 9.40. The van der Waals surface area contributed by atoms with Crippen LogP contribution in [0.2, 0.25) is 0 Å². The second-order valence-corrected chi connectivity index (χ2v) is 7.04. The number of amides is 1. The van der Waals surface area contributed by atoms with Crippen LogP contribution in [-0.2, 0) is 11.2 Å². The molecule has 2 unspecified atom stereocenters. The van der Waals surface area contributed by atoms with Crippen molar-refractivity contribution < 1.29 is 9.21 Å². The van der Waals surface area contributed by atoms with Gasteiger partial charge in [-0.2, -0.15) is 0 Å². The smallest absolute Gasteiger partial charge is 0.277 e. The Hall–Kier alpha value is -1.82. The third kappa shape index (κ3) is 4.84. The van der Waals surface area contributed by atoms with Crippen molar-refractivity contribution >= 4 is 17.7 Å². The zero-order valence-corrected chi connectivity index (χ0v) is 15.5. The predicted molar refractivity (Wildman–Crippen MR) is 96.1 cm³/mol. The SMILES string of the molecule is CCN(CC)C(=O)C(C)Sc1nnc(CC(C)c2ccccc2)o1. The quantitative estimate of drug-likeness (QED) is 0.680. The van der Waals surface area contributed by atoms with E-state index in [2.05, 4.69) is 29.3 Å². The topological polar surface area (TPSA) is 59.2 Å². The summed E-state index contributed by atoms with van der Waals surface area (Å²) in [5.41, 5.74) is 1.25. The van der Waals surface area contributed by atoms with Gasteiger partial charge in [0, 0.05) is 19.5 Å². The van der Waals surface area contributed by atoms with Gasteiger partial charge in [-0.05, 0) is 32.3 Å². The number of hydrogen-bond acceptors (Lipinski definition) is 5. The maximum atomic E-state index is 12.3. The van der Waals surface area contributed by atoms with Gasteiger partial charge >= 0.3 is 0 Å². The normalized spacial score (nSPS) is 13.5. The van der Waals surface area contributed by atoms with E-state index in [0.29, 0.717) is 36.5 Å². The van der Waals surface area contributed by atoms with Gasteiger partial charge in [-0.3, -0.25) is 4.79 Å². The minimum Gasteiger partial charge on any atom is -0.416 e. The van der Waals surface area contributed by atoms with Crippen LogP contribution in [0.25, 0.3) is 0 Å². The first kappa shape index (κ1) is 18.5. The van der Waals surface area contributed by atoms with E-state index in [-0.39, 0.29) is 11.2 Å². The van der Waals surface area contributed by atoms with Crippen LogP contribution in [0.15, 0.2) is 40.0 Å². The fourth-order valence-electron chi connectivity index (χ4n) is 2.52. The summed E-state index contributed by atoms with van der Waals surface area (Å²) in [6, 6.07) is 10.3. The Morgan fingerprint density at radius 1 is 1.17 bits per heavy atom. The van der Waals surface area contributed by atoms with Crippen LogP contribution in [0.5, 0.6) is 0 Å². The van der Waals surface area contributed by atoms with Crippen molar-refractivity contribution in [2.24, 2.45) is 0 Å². The molecular weight excluding hydrogens is 322 g/mol. The fourth-order valence-corrected chi connectivity index (χ4v) is 3.31. The van der Waals surface area contributed by atoms with Crippen molar-refractivity contribution in [1.29, 1.82) is 0 Å². The molecule has 2 rings (SSSR count). The summed E-state index contributed by atoms with van der Waals surface area (Å²) < 4.78 is 5.71. The van der Waals surface area contributed by atoms with Gasteiger partial charge in [0.05, 0.1) is 5.25 Å². The predicted octanol–water partition coefficient (Wildman–Crippen LogP) is 3.76. The summed E-state index contributed by atoms with van der Waals surface area (Å²) in [7, 11) is 0. The maximum Gasteiger partial charge on any atom is 0.277 e. The van der Waals surface area contributed by atoms with Gasteiger partial charge in [0.25, 0.3) is 5.22 Å². The molecule has 0 fully saturated rings. The number of thioether (sulfide) groups is 1. The number of nitrogens with zero attached hydrogens (tertiary/aromatic N) is 3. The Kier molecular flexibility index (Phi) is 6.85. The number of carbonyl (C=O) groups is 1. The van der Waals surface area contributed by atoms with Gasteiger partial charge in [0.15, 0.2) is 0 Å². The molecule has 2 aromatic rings. The van der Waals surface area contributed by atoms with Crippen LogP contribution in [0.3, 0.4) is 0 Å². The third-order valence-electron chi connectivity index (χ3n) is 4.00. The van der Waals surface area contributed by atoms with Crippen LogP contribution in [0.4, 0.5) is 0 Å². The lowest BCUT2D eigenvalue weighted by Crippen LogP contribution is -2.36. The highest BCUT2D eigenvalue weighted by Crippen LogP contribution is 2.25. The molecule has 1 heterocycles. The van der Waals surface area contributed by atoms with Gasteiger partial charge in [-0.15, -0.1) is 10.2 Å². The first-order valence-electron chi connectivity index (χ1n) is 8.37. The average molecular weight is 347 g/mol. The van der Waals surface area contributed by atoms with Crippen LogP contribution < -0.4 is 0 Å². The Morgan fingerprint density at radius 2 is 1.83 bits per heavy atom. The van der Waals surface area contributed by atoms with E-state index in [4.69, 9.17) is 4.42 Å². The molecule has 1 amide bonds. The summed E-state index contributed by atoms with van der Waals surface area (Å²) in [4.78, 5) is 14.1. The molecule has 0 bridgehead atoms. The minimum atomic E-state index is -0.232. The van der Waals surface area contributed by atoms with Crippen molar-refractivity contribution in [1.82, 2.24) is 15.1 Å². The highest BCUT2D eigenvalue weighted by atomic mass is 32.2. The summed E-state index contributed by atoms with van der Waals surface area (Å²) in [5.74, 6) is 1.01. The molecular formula is C18H25N3O2S. The molecule has 24 heavy (non-hydrogen) atoms. The average Bonchev–Trinajstić information content (AvgIpc) is 3.03. The van der Waals surface area contributed by atoms with E-state index in [9.17, 15) is 4.79 Å². The van der Waals surface area contributed by atoms with E-state index in [1.807, 2.05) is 43.9 Å². The van der Waals surface area contributed by atoms with E-state index < -0.39 is 0 Å². The lowest BCUT2D eigenvalue weighted by atomic mass is 9.98. The molecule has 0 saturated carbocycles. The Bertz CT molecular complexity index is 641. The molecule has 0 saturated heterocycles. The number of benzene rings is 1. The first-order chi connectivity index (χ1) is 11.5. The van der Waals surface area contributed by atoms with E-state index in [1.54, 1.807) is 0 Å². The van der Waals surface area contributed by atoms with Crippen LogP contribution in [0, 0.1) is 0 Å². The zero-order chi connectivity index (χ0) is 17.5. The fraction of sp³-hybridized carbons (Fsp3) is 0.500. The molecule has 0 spiro atoms. The van der Waals surface area contributed by atoms with Crippen molar-refractivity contribution in [2.75, 3.05) is 13.1 Å². The minimum absolute atomic E-state index is 0.0994. The summed E-state index contributed by atoms with van der Waals surface area (Å²) in [5, 5.41) is 8.41. The largest absolute Gasteiger partial charge is 0.416 e. The van der Waals surface area contributed by atoms with Crippen LogP contribution in [-0.4, -0.2) is 39.3 Å². The van der Waals surface area contributed by atoms with Gasteiger partial charge in [0.2, 0.25) is 11.8 Å². The van der Waals surface area contributed by atoms with E-state index >= 15 is 0 Å².